The first kappa shape index (κ1) is 11.4. The molecule has 1 N–H and O–H groups in total. The van der Waals surface area contributed by atoms with Crippen LogP contribution >= 0.6 is 0 Å². The van der Waals surface area contributed by atoms with Crippen LogP contribution in [0.15, 0.2) is 12.2 Å². The molecule has 0 aliphatic heterocycles. The second-order valence-corrected chi connectivity index (χ2v) is 10.1. The van der Waals surface area contributed by atoms with Crippen molar-refractivity contribution in [2.45, 2.75) is 38.5 Å². The Bertz CT molecular complexity index is 191. The molecule has 0 aliphatic rings. The van der Waals surface area contributed by atoms with Crippen LogP contribution in [0, 0.1) is 0 Å². The molecule has 0 heterocycles. The fraction of sp³-hybridized carbons (Fsp3) is 0.667. The minimum Gasteiger partial charge on any atom is -0.478 e. The second kappa shape index (κ2) is 3.89. The number of aliphatic carboxylic acids is 1. The number of carboxylic acids is 1. The number of hydrogen-bond donors (Lipinski definition) is 1. The van der Waals surface area contributed by atoms with Gasteiger partial charge in [0.1, 0.15) is 0 Å². The maximum Gasteiger partial charge on any atom is 0.330 e. The smallest absolute Gasteiger partial charge is 0.330 e. The Labute approximate surface area is 75.3 Å². The fourth-order valence-electron chi connectivity index (χ4n) is 0.763. The summed E-state index contributed by atoms with van der Waals surface area (Å²) in [6.07, 6.45) is 0.630. The lowest BCUT2D eigenvalue weighted by molar-refractivity contribution is -0.132. The number of carboxylic acid groups (broad SMARTS) is 1. The SMILES string of the molecule is C=C(CC(C)[Si](C)(C)C)C(=O)O. The van der Waals surface area contributed by atoms with Crippen molar-refractivity contribution in [1.82, 2.24) is 0 Å². The van der Waals surface area contributed by atoms with Crippen molar-refractivity contribution in [2.75, 3.05) is 0 Å². The summed E-state index contributed by atoms with van der Waals surface area (Å²) in [5.41, 5.74) is 0.825. The van der Waals surface area contributed by atoms with Crippen molar-refractivity contribution in [2.24, 2.45) is 0 Å². The average Bonchev–Trinajstić information content (AvgIpc) is 1.85. The third-order valence-electron chi connectivity index (χ3n) is 2.33. The Morgan fingerprint density at radius 3 is 2.17 bits per heavy atom. The number of hydrogen-bond acceptors (Lipinski definition) is 1. The highest BCUT2D eigenvalue weighted by atomic mass is 28.3. The predicted molar refractivity (Wildman–Crippen MR) is 54.2 cm³/mol. The highest BCUT2D eigenvalue weighted by Crippen LogP contribution is 2.27. The van der Waals surface area contributed by atoms with E-state index < -0.39 is 14.0 Å². The molecule has 0 rings (SSSR count). The molecule has 0 fully saturated rings. The van der Waals surface area contributed by atoms with E-state index in [0.717, 1.165) is 0 Å². The second-order valence-electron chi connectivity index (χ2n) is 4.38. The monoisotopic (exact) mass is 186 g/mol. The number of rotatable bonds is 4. The van der Waals surface area contributed by atoms with Crippen LogP contribution in [-0.4, -0.2) is 19.1 Å². The van der Waals surface area contributed by atoms with E-state index in [0.29, 0.717) is 17.5 Å². The molecule has 1 atom stereocenters. The van der Waals surface area contributed by atoms with Crippen LogP contribution in [0.2, 0.25) is 25.2 Å². The molecule has 0 saturated carbocycles. The summed E-state index contributed by atoms with van der Waals surface area (Å²) < 4.78 is 0. The average molecular weight is 186 g/mol. The maximum absolute atomic E-state index is 10.5. The van der Waals surface area contributed by atoms with E-state index in [1.807, 2.05) is 0 Å². The first-order valence-corrected chi connectivity index (χ1v) is 7.74. The van der Waals surface area contributed by atoms with Gasteiger partial charge in [-0.25, -0.2) is 4.79 Å². The Hall–Kier alpha value is -0.573. The van der Waals surface area contributed by atoms with E-state index in [2.05, 4.69) is 33.1 Å². The highest BCUT2D eigenvalue weighted by molar-refractivity contribution is 6.77. The molecule has 0 aromatic carbocycles. The van der Waals surface area contributed by atoms with E-state index in [9.17, 15) is 4.79 Å². The maximum atomic E-state index is 10.5. The van der Waals surface area contributed by atoms with E-state index >= 15 is 0 Å². The van der Waals surface area contributed by atoms with E-state index in [1.165, 1.54) is 0 Å². The Morgan fingerprint density at radius 1 is 1.50 bits per heavy atom. The first-order valence-electron chi connectivity index (χ1n) is 4.16. The summed E-state index contributed by atoms with van der Waals surface area (Å²) in [5.74, 6) is -0.861. The third kappa shape index (κ3) is 3.71. The lowest BCUT2D eigenvalue weighted by atomic mass is 10.2. The third-order valence-corrected chi connectivity index (χ3v) is 5.49. The zero-order valence-corrected chi connectivity index (χ0v) is 9.35. The van der Waals surface area contributed by atoms with Gasteiger partial charge in [0.2, 0.25) is 0 Å². The molecule has 0 amide bonds. The Kier molecular flexibility index (Phi) is 3.71. The van der Waals surface area contributed by atoms with Gasteiger partial charge < -0.3 is 5.11 Å². The quantitative estimate of drug-likeness (QED) is 0.541. The van der Waals surface area contributed by atoms with Gasteiger partial charge in [-0.05, 0) is 12.0 Å². The molecule has 1 unspecified atom stereocenters. The van der Waals surface area contributed by atoms with Gasteiger partial charge in [0.25, 0.3) is 0 Å². The van der Waals surface area contributed by atoms with Crippen molar-refractivity contribution in [3.63, 3.8) is 0 Å². The van der Waals surface area contributed by atoms with Gasteiger partial charge in [-0.3, -0.25) is 0 Å². The molecule has 0 radical (unpaired) electrons. The molecule has 0 aliphatic carbocycles. The summed E-state index contributed by atoms with van der Waals surface area (Å²) in [6, 6.07) is 0. The van der Waals surface area contributed by atoms with Gasteiger partial charge in [0.05, 0.1) is 0 Å². The van der Waals surface area contributed by atoms with Crippen LogP contribution in [0.1, 0.15) is 13.3 Å². The summed E-state index contributed by atoms with van der Waals surface area (Å²) >= 11 is 0. The van der Waals surface area contributed by atoms with Gasteiger partial charge in [0.15, 0.2) is 0 Å². The van der Waals surface area contributed by atoms with Crippen LogP contribution in [0.3, 0.4) is 0 Å². The van der Waals surface area contributed by atoms with Crippen molar-refractivity contribution < 1.29 is 9.90 Å². The highest BCUT2D eigenvalue weighted by Gasteiger charge is 2.23. The van der Waals surface area contributed by atoms with Crippen LogP contribution in [-0.2, 0) is 4.79 Å². The van der Waals surface area contributed by atoms with Gasteiger partial charge in [-0.2, -0.15) is 0 Å². The van der Waals surface area contributed by atoms with Crippen molar-refractivity contribution in [1.29, 1.82) is 0 Å². The van der Waals surface area contributed by atoms with E-state index in [1.54, 1.807) is 0 Å². The topological polar surface area (TPSA) is 37.3 Å². The zero-order chi connectivity index (χ0) is 9.94. The first-order chi connectivity index (χ1) is 5.25. The zero-order valence-electron chi connectivity index (χ0n) is 8.35. The molecule has 0 saturated heterocycles. The summed E-state index contributed by atoms with van der Waals surface area (Å²) in [4.78, 5) is 10.5. The van der Waals surface area contributed by atoms with Gasteiger partial charge in [0, 0.05) is 13.6 Å². The predicted octanol–water partition coefficient (Wildman–Crippen LogP) is 2.75. The Balaban J connectivity index is 4.11. The van der Waals surface area contributed by atoms with Gasteiger partial charge in [-0.1, -0.05) is 33.1 Å². The molecular formula is C9H18O2Si. The van der Waals surface area contributed by atoms with Crippen LogP contribution < -0.4 is 0 Å². The van der Waals surface area contributed by atoms with Crippen molar-refractivity contribution >= 4 is 14.0 Å². The van der Waals surface area contributed by atoms with Crippen LogP contribution in [0.25, 0.3) is 0 Å². The van der Waals surface area contributed by atoms with E-state index in [-0.39, 0.29) is 0 Å². The van der Waals surface area contributed by atoms with Crippen LogP contribution in [0.4, 0.5) is 0 Å². The van der Waals surface area contributed by atoms with E-state index in [4.69, 9.17) is 5.11 Å². The largest absolute Gasteiger partial charge is 0.478 e. The molecule has 0 spiro atoms. The van der Waals surface area contributed by atoms with Gasteiger partial charge >= 0.3 is 5.97 Å². The standard InChI is InChI=1S/C9H18O2Si/c1-7(9(10)11)6-8(2)12(3,4)5/h8H,1,6H2,2-5H3,(H,10,11). The molecule has 12 heavy (non-hydrogen) atoms. The van der Waals surface area contributed by atoms with Crippen molar-refractivity contribution in [3.8, 4) is 0 Å². The summed E-state index contributed by atoms with van der Waals surface area (Å²) in [5, 5.41) is 8.61. The number of carbonyl (C=O) groups is 1. The molecule has 70 valence electrons. The lowest BCUT2D eigenvalue weighted by Crippen LogP contribution is -2.26. The van der Waals surface area contributed by atoms with Gasteiger partial charge in [-0.15, -0.1) is 0 Å². The molecule has 0 bridgehead atoms. The molecule has 0 aromatic rings. The normalized spacial score (nSPS) is 14.0. The molecule has 0 aromatic heterocycles. The summed E-state index contributed by atoms with van der Waals surface area (Å²) in [6.45, 7) is 12.4. The summed E-state index contributed by atoms with van der Waals surface area (Å²) in [7, 11) is -1.19. The molecule has 3 heteroatoms. The lowest BCUT2D eigenvalue weighted by Gasteiger charge is -2.24. The minimum absolute atomic E-state index is 0.338. The van der Waals surface area contributed by atoms with Crippen molar-refractivity contribution in [3.05, 3.63) is 12.2 Å². The Morgan fingerprint density at radius 2 is 1.92 bits per heavy atom. The minimum atomic E-state index is -1.19. The molecular weight excluding hydrogens is 168 g/mol. The molecule has 2 nitrogen and oxygen atoms in total. The fourth-order valence-corrected chi connectivity index (χ4v) is 1.62. The van der Waals surface area contributed by atoms with Crippen LogP contribution in [0.5, 0.6) is 0 Å².